The molecule has 2 atom stereocenters. The average molecular weight is 204 g/mol. The van der Waals surface area contributed by atoms with Gasteiger partial charge in [-0.25, -0.2) is 4.79 Å². The molecule has 0 aromatic heterocycles. The maximum atomic E-state index is 10.7. The highest BCUT2D eigenvalue weighted by Gasteiger charge is 2.33. The molecule has 0 spiro atoms. The van der Waals surface area contributed by atoms with Crippen LogP contribution in [0.3, 0.4) is 0 Å². The predicted molar refractivity (Wildman–Crippen MR) is 43.6 cm³/mol. The first-order valence-electron chi connectivity index (χ1n) is 4.40. The highest BCUT2D eigenvalue weighted by Crippen LogP contribution is 2.27. The van der Waals surface area contributed by atoms with Crippen LogP contribution >= 0.6 is 0 Å². The van der Waals surface area contributed by atoms with Crippen molar-refractivity contribution in [1.29, 1.82) is 0 Å². The smallest absolute Gasteiger partial charge is 0.481 e. The van der Waals surface area contributed by atoms with Crippen LogP contribution in [-0.2, 0) is 14.6 Å². The van der Waals surface area contributed by atoms with E-state index in [0.717, 1.165) is 12.8 Å². The summed E-state index contributed by atoms with van der Waals surface area (Å²) in [6, 6.07) is 0. The van der Waals surface area contributed by atoms with E-state index in [9.17, 15) is 9.59 Å². The van der Waals surface area contributed by atoms with Crippen molar-refractivity contribution in [2.24, 2.45) is 5.92 Å². The summed E-state index contributed by atoms with van der Waals surface area (Å²) in [5.74, 6) is -1.63. The Hall–Kier alpha value is -1.30. The van der Waals surface area contributed by atoms with E-state index in [-0.39, 0.29) is 0 Å². The van der Waals surface area contributed by atoms with E-state index < -0.39 is 24.1 Å². The SMILES string of the molecule is O=C(O)OOC1CCCCC1C(=O)O. The van der Waals surface area contributed by atoms with Gasteiger partial charge in [0.25, 0.3) is 0 Å². The molecule has 80 valence electrons. The molecule has 0 aromatic carbocycles. The lowest BCUT2D eigenvalue weighted by Gasteiger charge is -2.25. The zero-order valence-corrected chi connectivity index (χ0v) is 7.51. The van der Waals surface area contributed by atoms with Crippen molar-refractivity contribution < 1.29 is 29.6 Å². The first-order valence-corrected chi connectivity index (χ1v) is 4.40. The van der Waals surface area contributed by atoms with Gasteiger partial charge in [-0.1, -0.05) is 12.8 Å². The molecule has 0 saturated heterocycles. The molecular weight excluding hydrogens is 192 g/mol. The van der Waals surface area contributed by atoms with E-state index in [2.05, 4.69) is 9.78 Å². The van der Waals surface area contributed by atoms with Crippen LogP contribution in [0.5, 0.6) is 0 Å². The maximum Gasteiger partial charge on any atom is 0.537 e. The molecule has 6 nitrogen and oxygen atoms in total. The highest BCUT2D eigenvalue weighted by atomic mass is 17.2. The molecule has 2 N–H and O–H groups in total. The molecule has 0 aliphatic heterocycles. The van der Waals surface area contributed by atoms with Gasteiger partial charge in [0.15, 0.2) is 0 Å². The minimum atomic E-state index is -1.56. The molecule has 0 bridgehead atoms. The molecule has 1 aliphatic rings. The first-order chi connectivity index (χ1) is 6.61. The molecular formula is C8H12O6. The normalized spacial score (nSPS) is 26.9. The molecule has 0 heterocycles. The van der Waals surface area contributed by atoms with Gasteiger partial charge in [-0.2, -0.15) is 4.89 Å². The number of aliphatic carboxylic acids is 1. The van der Waals surface area contributed by atoms with Crippen molar-refractivity contribution in [3.63, 3.8) is 0 Å². The van der Waals surface area contributed by atoms with Gasteiger partial charge in [-0.05, 0) is 12.8 Å². The number of rotatable bonds is 3. The van der Waals surface area contributed by atoms with Crippen LogP contribution in [0.25, 0.3) is 0 Å². The molecule has 1 fully saturated rings. The van der Waals surface area contributed by atoms with E-state index in [0.29, 0.717) is 12.8 Å². The first kappa shape index (κ1) is 10.8. The van der Waals surface area contributed by atoms with Gasteiger partial charge in [0.1, 0.15) is 6.10 Å². The summed E-state index contributed by atoms with van der Waals surface area (Å²) in [6.07, 6.45) is 0.464. The second-order valence-electron chi connectivity index (χ2n) is 3.21. The Bertz CT molecular complexity index is 226. The molecule has 1 saturated carbocycles. The lowest BCUT2D eigenvalue weighted by atomic mass is 9.87. The minimum Gasteiger partial charge on any atom is -0.481 e. The Labute approximate surface area is 80.4 Å². The molecule has 1 aliphatic carbocycles. The summed E-state index contributed by atoms with van der Waals surface area (Å²) in [5.41, 5.74) is 0. The molecule has 6 heteroatoms. The zero-order chi connectivity index (χ0) is 10.6. The third-order valence-electron chi connectivity index (χ3n) is 2.26. The summed E-state index contributed by atoms with van der Waals surface area (Å²) in [7, 11) is 0. The van der Waals surface area contributed by atoms with Crippen LogP contribution in [0.2, 0.25) is 0 Å². The zero-order valence-electron chi connectivity index (χ0n) is 7.51. The quantitative estimate of drug-likeness (QED) is 0.531. The summed E-state index contributed by atoms with van der Waals surface area (Å²) >= 11 is 0. The van der Waals surface area contributed by atoms with E-state index in [1.165, 1.54) is 0 Å². The van der Waals surface area contributed by atoms with Gasteiger partial charge < -0.3 is 10.2 Å². The predicted octanol–water partition coefficient (Wildman–Crippen LogP) is 1.26. The lowest BCUT2D eigenvalue weighted by Crippen LogP contribution is -2.34. The van der Waals surface area contributed by atoms with Gasteiger partial charge in [-0.3, -0.25) is 9.68 Å². The van der Waals surface area contributed by atoms with Crippen molar-refractivity contribution in [1.82, 2.24) is 0 Å². The fraction of sp³-hybridized carbons (Fsp3) is 0.750. The maximum absolute atomic E-state index is 10.7. The Balaban J connectivity index is 2.45. The molecule has 2 unspecified atom stereocenters. The standard InChI is InChI=1S/C8H12O6/c9-7(10)5-3-1-2-4-6(5)13-14-8(11)12/h5-6H,1-4H2,(H,9,10)(H,11,12). The number of carboxylic acid groups (broad SMARTS) is 2. The minimum absolute atomic E-state index is 0.503. The van der Waals surface area contributed by atoms with Crippen molar-refractivity contribution in [3.8, 4) is 0 Å². The summed E-state index contributed by atoms with van der Waals surface area (Å²) in [4.78, 5) is 29.2. The van der Waals surface area contributed by atoms with E-state index in [4.69, 9.17) is 10.2 Å². The monoisotopic (exact) mass is 204 g/mol. The Morgan fingerprint density at radius 1 is 1.14 bits per heavy atom. The number of carboxylic acids is 1. The van der Waals surface area contributed by atoms with Crippen molar-refractivity contribution in [2.75, 3.05) is 0 Å². The van der Waals surface area contributed by atoms with Gasteiger partial charge in [0, 0.05) is 0 Å². The van der Waals surface area contributed by atoms with Crippen LogP contribution in [0.1, 0.15) is 25.7 Å². The number of carbonyl (C=O) groups is 2. The Kier molecular flexibility index (Phi) is 3.70. The van der Waals surface area contributed by atoms with Crippen molar-refractivity contribution >= 4 is 12.1 Å². The molecule has 0 radical (unpaired) electrons. The lowest BCUT2D eigenvalue weighted by molar-refractivity contribution is -0.297. The molecule has 0 aromatic rings. The summed E-state index contributed by atoms with van der Waals surface area (Å²) < 4.78 is 0. The van der Waals surface area contributed by atoms with Crippen molar-refractivity contribution in [3.05, 3.63) is 0 Å². The summed E-state index contributed by atoms with van der Waals surface area (Å²) in [5, 5.41) is 17.0. The molecule has 0 amide bonds. The largest absolute Gasteiger partial charge is 0.537 e. The third-order valence-corrected chi connectivity index (χ3v) is 2.26. The van der Waals surface area contributed by atoms with Gasteiger partial charge in [0.05, 0.1) is 5.92 Å². The topological polar surface area (TPSA) is 93.1 Å². The van der Waals surface area contributed by atoms with Gasteiger partial charge in [-0.15, -0.1) is 0 Å². The van der Waals surface area contributed by atoms with Crippen LogP contribution in [0.15, 0.2) is 0 Å². The van der Waals surface area contributed by atoms with Gasteiger partial charge in [0.2, 0.25) is 0 Å². The second kappa shape index (κ2) is 4.80. The third kappa shape index (κ3) is 2.88. The highest BCUT2D eigenvalue weighted by molar-refractivity contribution is 5.70. The van der Waals surface area contributed by atoms with E-state index in [1.54, 1.807) is 0 Å². The molecule has 1 rings (SSSR count). The summed E-state index contributed by atoms with van der Waals surface area (Å²) in [6.45, 7) is 0. The second-order valence-corrected chi connectivity index (χ2v) is 3.21. The molecule has 14 heavy (non-hydrogen) atoms. The number of hydrogen-bond donors (Lipinski definition) is 2. The van der Waals surface area contributed by atoms with E-state index >= 15 is 0 Å². The van der Waals surface area contributed by atoms with Crippen LogP contribution < -0.4 is 0 Å². The fourth-order valence-electron chi connectivity index (χ4n) is 1.60. The van der Waals surface area contributed by atoms with Crippen LogP contribution in [0, 0.1) is 5.92 Å². The fourth-order valence-corrected chi connectivity index (χ4v) is 1.60. The van der Waals surface area contributed by atoms with E-state index in [1.807, 2.05) is 0 Å². The van der Waals surface area contributed by atoms with Crippen LogP contribution in [0.4, 0.5) is 4.79 Å². The van der Waals surface area contributed by atoms with Gasteiger partial charge >= 0.3 is 12.1 Å². The Morgan fingerprint density at radius 2 is 1.79 bits per heavy atom. The average Bonchev–Trinajstić information content (AvgIpc) is 2.15. The van der Waals surface area contributed by atoms with Crippen molar-refractivity contribution in [2.45, 2.75) is 31.8 Å². The van der Waals surface area contributed by atoms with Crippen LogP contribution in [-0.4, -0.2) is 28.4 Å². The Morgan fingerprint density at radius 3 is 2.36 bits per heavy atom. The number of hydrogen-bond acceptors (Lipinski definition) is 4.